The van der Waals surface area contributed by atoms with Crippen molar-refractivity contribution in [3.63, 3.8) is 0 Å². The normalized spacial score (nSPS) is 13.4. The molecule has 0 unspecified atom stereocenters. The highest BCUT2D eigenvalue weighted by molar-refractivity contribution is 7.13. The largest absolute Gasteiger partial charge is 0.384 e. The van der Waals surface area contributed by atoms with Gasteiger partial charge in [0.25, 0.3) is 0 Å². The molecule has 0 bridgehead atoms. The zero-order valence-electron chi connectivity index (χ0n) is 13.4. The van der Waals surface area contributed by atoms with Crippen molar-refractivity contribution in [2.24, 2.45) is 4.99 Å². The van der Waals surface area contributed by atoms with Gasteiger partial charge in [-0.25, -0.2) is 24.3 Å². The maximum absolute atomic E-state index is 14.2. The van der Waals surface area contributed by atoms with Crippen LogP contribution in [0.3, 0.4) is 0 Å². The molecule has 1 aliphatic rings. The van der Waals surface area contributed by atoms with Gasteiger partial charge in [-0.05, 0) is 24.1 Å². The molecule has 0 spiro atoms. The second kappa shape index (κ2) is 6.83. The van der Waals surface area contributed by atoms with E-state index in [2.05, 4.69) is 30.9 Å². The summed E-state index contributed by atoms with van der Waals surface area (Å²) in [4.78, 5) is 16.6. The summed E-state index contributed by atoms with van der Waals surface area (Å²) in [5, 5.41) is 7.15. The van der Waals surface area contributed by atoms with E-state index in [1.54, 1.807) is 23.1 Å². The first-order chi connectivity index (χ1) is 12.7. The number of nitrogens with two attached hydrogens (primary N) is 1. The lowest BCUT2D eigenvalue weighted by Gasteiger charge is -2.07. The molecular weight excluding hydrogens is 353 g/mol. The summed E-state index contributed by atoms with van der Waals surface area (Å²) in [6.45, 7) is 0.179. The molecule has 3 aromatic heterocycles. The molecule has 9 heteroatoms. The Hall–Kier alpha value is -3.42. The Balaban J connectivity index is 1.78. The van der Waals surface area contributed by atoms with Crippen molar-refractivity contribution >= 4 is 23.0 Å². The second-order valence-electron chi connectivity index (χ2n) is 5.31. The number of nitrogen functional groups attached to an aromatic ring is 1. The second-order valence-corrected chi connectivity index (χ2v) is 6.20. The highest BCUT2D eigenvalue weighted by atomic mass is 32.1. The standard InChI is InChI=1S/C17H12FN7S/c18-12-2-1-4-20-9-11(12)10-25-14(17-22-6-7-26-17)8-13(24-25)16-21-5-3-15(19)23-16/h1-3,5-9H,10H2,(H2,19,21,23). The van der Waals surface area contributed by atoms with E-state index < -0.39 is 0 Å². The molecule has 0 fully saturated rings. The van der Waals surface area contributed by atoms with Crippen LogP contribution in [0, 0.1) is 0 Å². The maximum Gasteiger partial charge on any atom is 0.182 e. The number of aromatic nitrogens is 5. The van der Waals surface area contributed by atoms with E-state index in [1.165, 1.54) is 29.7 Å². The summed E-state index contributed by atoms with van der Waals surface area (Å²) >= 11 is 1.46. The fraction of sp³-hybridized carbons (Fsp3) is 0.0588. The van der Waals surface area contributed by atoms with Gasteiger partial charge in [-0.15, -0.1) is 11.3 Å². The number of allylic oxidation sites excluding steroid dienone is 4. The molecule has 26 heavy (non-hydrogen) atoms. The van der Waals surface area contributed by atoms with Crippen LogP contribution >= 0.6 is 11.3 Å². The van der Waals surface area contributed by atoms with Crippen molar-refractivity contribution < 1.29 is 4.39 Å². The molecule has 0 aliphatic carbocycles. The van der Waals surface area contributed by atoms with Crippen LogP contribution in [0.4, 0.5) is 10.2 Å². The quantitative estimate of drug-likeness (QED) is 0.767. The average molecular weight is 365 g/mol. The average Bonchev–Trinajstić information content (AvgIpc) is 3.25. The number of halogens is 1. The number of anilines is 1. The minimum Gasteiger partial charge on any atom is -0.384 e. The first-order valence-corrected chi connectivity index (χ1v) is 8.49. The zero-order valence-corrected chi connectivity index (χ0v) is 14.2. The van der Waals surface area contributed by atoms with Crippen LogP contribution < -0.4 is 5.73 Å². The number of rotatable bonds is 4. The van der Waals surface area contributed by atoms with Crippen LogP contribution in [0.1, 0.15) is 0 Å². The molecule has 128 valence electrons. The van der Waals surface area contributed by atoms with E-state index in [0.29, 0.717) is 22.9 Å². The van der Waals surface area contributed by atoms with Gasteiger partial charge in [0.2, 0.25) is 0 Å². The monoisotopic (exact) mass is 365 g/mol. The zero-order chi connectivity index (χ0) is 17.9. The van der Waals surface area contributed by atoms with E-state index in [0.717, 1.165) is 10.7 Å². The van der Waals surface area contributed by atoms with Gasteiger partial charge >= 0.3 is 0 Å². The van der Waals surface area contributed by atoms with Gasteiger partial charge in [0.1, 0.15) is 22.3 Å². The molecule has 0 saturated heterocycles. The number of aliphatic imine (C=N–C) groups is 1. The predicted molar refractivity (Wildman–Crippen MR) is 98.1 cm³/mol. The molecule has 1 aliphatic heterocycles. The summed E-state index contributed by atoms with van der Waals surface area (Å²) in [6.07, 6.45) is 7.44. The predicted octanol–water partition coefficient (Wildman–Crippen LogP) is 3.02. The molecular formula is C17H12FN7S. The van der Waals surface area contributed by atoms with Gasteiger partial charge < -0.3 is 5.73 Å². The van der Waals surface area contributed by atoms with Crippen molar-refractivity contribution in [3.8, 4) is 22.2 Å². The molecule has 2 N–H and O–H groups in total. The maximum atomic E-state index is 14.2. The fourth-order valence-corrected chi connectivity index (χ4v) is 3.04. The lowest BCUT2D eigenvalue weighted by Crippen LogP contribution is -2.06. The molecule has 0 saturated carbocycles. The molecule has 0 atom stereocenters. The minimum atomic E-state index is -0.388. The SMILES string of the molecule is Nc1ccnc(-c2cc(-c3nccs3)n(CC3=CN=C=CC=C3F)n2)n1. The van der Waals surface area contributed by atoms with E-state index in [1.807, 2.05) is 11.4 Å². The Morgan fingerprint density at radius 3 is 3.00 bits per heavy atom. The topological polar surface area (TPSA) is 94.9 Å². The summed E-state index contributed by atoms with van der Waals surface area (Å²) in [6, 6.07) is 3.41. The smallest absolute Gasteiger partial charge is 0.182 e. The van der Waals surface area contributed by atoms with Crippen molar-refractivity contribution in [2.75, 3.05) is 5.73 Å². The van der Waals surface area contributed by atoms with Crippen LogP contribution in [0.15, 0.2) is 64.7 Å². The van der Waals surface area contributed by atoms with Gasteiger partial charge in [-0.3, -0.25) is 4.68 Å². The summed E-state index contributed by atoms with van der Waals surface area (Å²) in [7, 11) is 0. The highest BCUT2D eigenvalue weighted by Crippen LogP contribution is 2.28. The number of nitrogens with zero attached hydrogens (tertiary/aromatic N) is 6. The lowest BCUT2D eigenvalue weighted by atomic mass is 10.2. The molecule has 4 heterocycles. The summed E-state index contributed by atoms with van der Waals surface area (Å²) in [5.41, 5.74) is 7.38. The van der Waals surface area contributed by atoms with Crippen LogP contribution in [0.25, 0.3) is 22.2 Å². The molecule has 3 aromatic rings. The van der Waals surface area contributed by atoms with Gasteiger partial charge in [0, 0.05) is 35.6 Å². The Kier molecular flexibility index (Phi) is 4.22. The van der Waals surface area contributed by atoms with E-state index in [-0.39, 0.29) is 12.4 Å². The minimum absolute atomic E-state index is 0.179. The third kappa shape index (κ3) is 3.21. The number of thiazole rings is 1. The Morgan fingerprint density at radius 2 is 2.19 bits per heavy atom. The molecule has 7 nitrogen and oxygen atoms in total. The van der Waals surface area contributed by atoms with Crippen LogP contribution in [0.2, 0.25) is 0 Å². The first-order valence-electron chi connectivity index (χ1n) is 7.61. The molecule has 0 amide bonds. The van der Waals surface area contributed by atoms with Crippen LogP contribution in [-0.4, -0.2) is 30.6 Å². The van der Waals surface area contributed by atoms with Crippen molar-refractivity contribution in [1.29, 1.82) is 0 Å². The Bertz CT molecular complexity index is 1070. The third-order valence-electron chi connectivity index (χ3n) is 3.56. The van der Waals surface area contributed by atoms with Crippen LogP contribution in [0.5, 0.6) is 0 Å². The third-order valence-corrected chi connectivity index (χ3v) is 4.36. The van der Waals surface area contributed by atoms with Gasteiger partial charge in [-0.1, -0.05) is 0 Å². The molecule has 0 radical (unpaired) electrons. The highest BCUT2D eigenvalue weighted by Gasteiger charge is 2.17. The Morgan fingerprint density at radius 1 is 1.27 bits per heavy atom. The first kappa shape index (κ1) is 16.1. The van der Waals surface area contributed by atoms with E-state index >= 15 is 0 Å². The summed E-state index contributed by atoms with van der Waals surface area (Å²) < 4.78 is 15.9. The lowest BCUT2D eigenvalue weighted by molar-refractivity contribution is 0.604. The van der Waals surface area contributed by atoms with Crippen molar-refractivity contribution in [3.05, 3.63) is 59.7 Å². The Labute approximate surface area is 151 Å². The summed E-state index contributed by atoms with van der Waals surface area (Å²) in [5.74, 6) is 2.96. The number of hydrogen-bond acceptors (Lipinski definition) is 7. The number of hydrogen-bond donors (Lipinski definition) is 1. The van der Waals surface area contributed by atoms with Gasteiger partial charge in [0.05, 0.1) is 12.2 Å². The molecule has 0 aromatic carbocycles. The fourth-order valence-electron chi connectivity index (χ4n) is 2.38. The van der Waals surface area contributed by atoms with E-state index in [4.69, 9.17) is 5.73 Å². The molecule has 4 rings (SSSR count). The van der Waals surface area contributed by atoms with Crippen LogP contribution in [-0.2, 0) is 6.54 Å². The van der Waals surface area contributed by atoms with Crippen molar-refractivity contribution in [1.82, 2.24) is 24.7 Å². The van der Waals surface area contributed by atoms with E-state index in [9.17, 15) is 4.39 Å². The van der Waals surface area contributed by atoms with Gasteiger partial charge in [-0.2, -0.15) is 5.10 Å². The van der Waals surface area contributed by atoms with Gasteiger partial charge in [0.15, 0.2) is 5.82 Å². The van der Waals surface area contributed by atoms with Crippen molar-refractivity contribution in [2.45, 2.75) is 6.54 Å².